The first-order valence-electron chi connectivity index (χ1n) is 4.30. The van der Waals surface area contributed by atoms with Gasteiger partial charge in [0.05, 0.1) is 11.9 Å². The Bertz CT molecular complexity index is 413. The summed E-state index contributed by atoms with van der Waals surface area (Å²) in [7, 11) is 1.21. The van der Waals surface area contributed by atoms with Gasteiger partial charge < -0.3 is 5.32 Å². The molecule has 0 aliphatic rings. The third-order valence-electron chi connectivity index (χ3n) is 1.75. The number of hydrogen-bond acceptors (Lipinski definition) is 4. The Morgan fingerprint density at radius 3 is 2.40 bits per heavy atom. The lowest BCUT2D eigenvalue weighted by Crippen LogP contribution is -2.28. The number of aromatic nitrogens is 1. The quantitative estimate of drug-likeness (QED) is 0.782. The van der Waals surface area contributed by atoms with Crippen LogP contribution in [0.15, 0.2) is 18.3 Å². The van der Waals surface area contributed by atoms with Gasteiger partial charge in [-0.3, -0.25) is 4.72 Å². The zero-order chi connectivity index (χ0) is 11.5. The highest BCUT2D eigenvalue weighted by atomic mass is 32.2. The van der Waals surface area contributed by atoms with E-state index in [4.69, 9.17) is 0 Å². The molecule has 0 aliphatic carbocycles. The van der Waals surface area contributed by atoms with Crippen LogP contribution < -0.4 is 10.0 Å². The van der Waals surface area contributed by atoms with E-state index >= 15 is 0 Å². The molecule has 2 N–H and O–H groups in total. The van der Waals surface area contributed by atoms with Crippen LogP contribution in [0.1, 0.15) is 0 Å². The van der Waals surface area contributed by atoms with Gasteiger partial charge in [0.25, 0.3) is 0 Å². The van der Waals surface area contributed by atoms with Crippen LogP contribution in [0.2, 0.25) is 0 Å². The van der Waals surface area contributed by atoms with Crippen molar-refractivity contribution in [2.45, 2.75) is 0 Å². The summed E-state index contributed by atoms with van der Waals surface area (Å²) in [5, 5.41) is 2.84. The molecular formula is C8H14N4O2S. The maximum Gasteiger partial charge on any atom is 0.301 e. The highest BCUT2D eigenvalue weighted by molar-refractivity contribution is 7.90. The van der Waals surface area contributed by atoms with Crippen molar-refractivity contribution in [1.29, 1.82) is 0 Å². The van der Waals surface area contributed by atoms with Gasteiger partial charge in [-0.15, -0.1) is 0 Å². The predicted octanol–water partition coefficient (Wildman–Crippen LogP) is 0.342. The molecule has 7 heteroatoms. The lowest BCUT2D eigenvalue weighted by molar-refractivity contribution is 0.527. The van der Waals surface area contributed by atoms with Crippen LogP contribution in [0.4, 0.5) is 11.5 Å². The molecule has 0 radical (unpaired) electrons. The smallest absolute Gasteiger partial charge is 0.301 e. The molecular weight excluding hydrogens is 216 g/mol. The van der Waals surface area contributed by atoms with Crippen LogP contribution in [0, 0.1) is 0 Å². The molecule has 0 saturated heterocycles. The Balaban J connectivity index is 2.82. The van der Waals surface area contributed by atoms with Crippen LogP contribution in [0.5, 0.6) is 0 Å². The topological polar surface area (TPSA) is 74.3 Å². The molecule has 0 fully saturated rings. The molecule has 0 unspecified atom stereocenters. The van der Waals surface area contributed by atoms with Crippen molar-refractivity contribution in [1.82, 2.24) is 9.29 Å². The Labute approximate surface area is 89.5 Å². The number of anilines is 2. The first kappa shape index (κ1) is 11.7. The van der Waals surface area contributed by atoms with Crippen molar-refractivity contribution in [2.75, 3.05) is 31.2 Å². The van der Waals surface area contributed by atoms with Crippen molar-refractivity contribution < 1.29 is 8.42 Å². The van der Waals surface area contributed by atoms with E-state index in [2.05, 4.69) is 15.0 Å². The first-order chi connectivity index (χ1) is 6.95. The zero-order valence-corrected chi connectivity index (χ0v) is 9.67. The van der Waals surface area contributed by atoms with Crippen molar-refractivity contribution in [2.24, 2.45) is 0 Å². The van der Waals surface area contributed by atoms with Crippen molar-refractivity contribution in [3.8, 4) is 0 Å². The molecule has 84 valence electrons. The highest BCUT2D eigenvalue weighted by Gasteiger charge is 2.12. The molecule has 1 rings (SSSR count). The lowest BCUT2D eigenvalue weighted by Gasteiger charge is -2.13. The van der Waals surface area contributed by atoms with Crippen molar-refractivity contribution >= 4 is 21.7 Å². The van der Waals surface area contributed by atoms with Gasteiger partial charge in [0.2, 0.25) is 0 Å². The number of rotatable bonds is 4. The van der Waals surface area contributed by atoms with Gasteiger partial charge in [0, 0.05) is 21.1 Å². The van der Waals surface area contributed by atoms with Crippen molar-refractivity contribution in [3.63, 3.8) is 0 Å². The van der Waals surface area contributed by atoms with Gasteiger partial charge in [0.1, 0.15) is 5.82 Å². The van der Waals surface area contributed by atoms with Gasteiger partial charge in [-0.1, -0.05) is 0 Å². The molecule has 6 nitrogen and oxygen atoms in total. The van der Waals surface area contributed by atoms with E-state index in [1.807, 2.05) is 0 Å². The van der Waals surface area contributed by atoms with Gasteiger partial charge in [0.15, 0.2) is 0 Å². The molecule has 0 spiro atoms. The van der Waals surface area contributed by atoms with E-state index in [0.717, 1.165) is 4.31 Å². The van der Waals surface area contributed by atoms with Gasteiger partial charge in [-0.25, -0.2) is 4.98 Å². The van der Waals surface area contributed by atoms with E-state index in [1.54, 1.807) is 19.2 Å². The average molecular weight is 230 g/mol. The Morgan fingerprint density at radius 1 is 1.33 bits per heavy atom. The van der Waals surface area contributed by atoms with E-state index in [9.17, 15) is 8.42 Å². The minimum atomic E-state index is -3.45. The molecule has 0 aromatic carbocycles. The van der Waals surface area contributed by atoms with Crippen molar-refractivity contribution in [3.05, 3.63) is 18.3 Å². The maximum absolute atomic E-state index is 11.4. The molecule has 0 amide bonds. The van der Waals surface area contributed by atoms with Crippen LogP contribution in [0.25, 0.3) is 0 Å². The van der Waals surface area contributed by atoms with E-state index in [1.165, 1.54) is 20.3 Å². The van der Waals surface area contributed by atoms with E-state index in [-0.39, 0.29) is 0 Å². The van der Waals surface area contributed by atoms with Crippen LogP contribution >= 0.6 is 0 Å². The predicted molar refractivity (Wildman–Crippen MR) is 60.0 cm³/mol. The summed E-state index contributed by atoms with van der Waals surface area (Å²) in [6.07, 6.45) is 1.45. The number of nitrogens with zero attached hydrogens (tertiary/aromatic N) is 2. The normalized spacial score (nSPS) is 11.5. The van der Waals surface area contributed by atoms with Crippen LogP contribution in [0.3, 0.4) is 0 Å². The Kier molecular flexibility index (Phi) is 3.48. The standard InChI is InChI=1S/C8H14N4O2S/c1-9-8-5-4-7(6-10-8)11-15(13,14)12(2)3/h4-6,11H,1-3H3,(H,9,10). The molecule has 1 aromatic heterocycles. The molecule has 1 heterocycles. The van der Waals surface area contributed by atoms with Gasteiger partial charge >= 0.3 is 10.2 Å². The summed E-state index contributed by atoms with van der Waals surface area (Å²) in [6, 6.07) is 3.33. The van der Waals surface area contributed by atoms with Gasteiger partial charge in [-0.2, -0.15) is 12.7 Å². The van der Waals surface area contributed by atoms with Gasteiger partial charge in [-0.05, 0) is 12.1 Å². The van der Waals surface area contributed by atoms with Crippen LogP contribution in [-0.4, -0.2) is 38.9 Å². The first-order valence-corrected chi connectivity index (χ1v) is 5.74. The average Bonchev–Trinajstić information content (AvgIpc) is 2.18. The fraction of sp³-hybridized carbons (Fsp3) is 0.375. The second-order valence-corrected chi connectivity index (χ2v) is 4.96. The summed E-state index contributed by atoms with van der Waals surface area (Å²) < 4.78 is 26.3. The molecule has 0 bridgehead atoms. The lowest BCUT2D eigenvalue weighted by atomic mass is 10.4. The summed E-state index contributed by atoms with van der Waals surface area (Å²) in [5.41, 5.74) is 0.433. The maximum atomic E-state index is 11.4. The molecule has 0 aliphatic heterocycles. The van der Waals surface area contributed by atoms with E-state index in [0.29, 0.717) is 11.5 Å². The summed E-state index contributed by atoms with van der Waals surface area (Å²) in [5.74, 6) is 0.683. The second kappa shape index (κ2) is 4.45. The summed E-state index contributed by atoms with van der Waals surface area (Å²) in [6.45, 7) is 0. The second-order valence-electron chi connectivity index (χ2n) is 3.07. The number of nitrogens with one attached hydrogen (secondary N) is 2. The monoisotopic (exact) mass is 230 g/mol. The fourth-order valence-electron chi connectivity index (χ4n) is 0.842. The zero-order valence-electron chi connectivity index (χ0n) is 8.85. The Hall–Kier alpha value is -1.34. The number of hydrogen-bond donors (Lipinski definition) is 2. The molecule has 1 aromatic rings. The summed E-state index contributed by atoms with van der Waals surface area (Å²) in [4.78, 5) is 3.98. The van der Waals surface area contributed by atoms with Crippen LogP contribution in [-0.2, 0) is 10.2 Å². The summed E-state index contributed by atoms with van der Waals surface area (Å²) >= 11 is 0. The fourth-order valence-corrected chi connectivity index (χ4v) is 1.44. The number of pyridine rings is 1. The highest BCUT2D eigenvalue weighted by Crippen LogP contribution is 2.11. The minimum Gasteiger partial charge on any atom is -0.373 e. The molecule has 0 atom stereocenters. The molecule has 0 saturated carbocycles. The SMILES string of the molecule is CNc1ccc(NS(=O)(=O)N(C)C)cn1. The minimum absolute atomic E-state index is 0.433. The van der Waals surface area contributed by atoms with E-state index < -0.39 is 10.2 Å². The third-order valence-corrected chi connectivity index (χ3v) is 3.20. The third kappa shape index (κ3) is 3.07. The molecule has 15 heavy (non-hydrogen) atoms. The Morgan fingerprint density at radius 2 is 2.00 bits per heavy atom. The largest absolute Gasteiger partial charge is 0.373 e.